The maximum absolute atomic E-state index is 12.6. The number of hydrogen-bond donors (Lipinski definition) is 2. The van der Waals surface area contributed by atoms with Gasteiger partial charge in [-0.25, -0.2) is 0 Å². The van der Waals surface area contributed by atoms with Gasteiger partial charge in [0.1, 0.15) is 11.1 Å². The molecule has 0 saturated carbocycles. The minimum atomic E-state index is -0.316. The maximum atomic E-state index is 12.6. The largest absolute Gasteiger partial charge is 0.399 e. The van der Waals surface area contributed by atoms with E-state index in [9.17, 15) is 10.1 Å². The molecule has 3 N–H and O–H groups in total. The summed E-state index contributed by atoms with van der Waals surface area (Å²) in [4.78, 5) is 13.5. The van der Waals surface area contributed by atoms with Crippen LogP contribution in [0.25, 0.3) is 11.1 Å². The molecule has 0 aliphatic rings. The van der Waals surface area contributed by atoms with Crippen molar-refractivity contribution < 1.29 is 4.79 Å². The van der Waals surface area contributed by atoms with Crippen molar-refractivity contribution in [3.63, 3.8) is 0 Å². The minimum Gasteiger partial charge on any atom is -0.399 e. The van der Waals surface area contributed by atoms with Crippen LogP contribution in [0.1, 0.15) is 18.1 Å². The number of benzene rings is 2. The summed E-state index contributed by atoms with van der Waals surface area (Å²) in [6, 6.07) is 17.7. The molecule has 3 aromatic rings. The van der Waals surface area contributed by atoms with Gasteiger partial charge >= 0.3 is 0 Å². The molecule has 0 fully saturated rings. The van der Waals surface area contributed by atoms with Crippen molar-refractivity contribution >= 4 is 39.7 Å². The number of anilines is 2. The number of nitrogen functional groups attached to an aromatic ring is 1. The van der Waals surface area contributed by atoms with E-state index in [2.05, 4.69) is 11.4 Å². The SMILES string of the molecule is Cc1ccc(-c2csc(NC(=O)C(C)Sc3cccc(N)c3)c2C#N)cc1. The smallest absolute Gasteiger partial charge is 0.238 e. The zero-order valence-corrected chi connectivity index (χ0v) is 16.7. The highest BCUT2D eigenvalue weighted by molar-refractivity contribution is 8.00. The van der Waals surface area contributed by atoms with Crippen molar-refractivity contribution in [2.45, 2.75) is 24.0 Å². The zero-order valence-electron chi connectivity index (χ0n) is 15.0. The summed E-state index contributed by atoms with van der Waals surface area (Å²) in [6.45, 7) is 3.86. The van der Waals surface area contributed by atoms with Gasteiger partial charge < -0.3 is 11.1 Å². The normalized spacial score (nSPS) is 11.6. The van der Waals surface area contributed by atoms with Crippen LogP contribution in [0.3, 0.4) is 0 Å². The highest BCUT2D eigenvalue weighted by Crippen LogP contribution is 2.36. The van der Waals surface area contributed by atoms with E-state index in [0.29, 0.717) is 16.3 Å². The van der Waals surface area contributed by atoms with Crippen molar-refractivity contribution in [1.29, 1.82) is 5.26 Å². The maximum Gasteiger partial charge on any atom is 0.238 e. The Morgan fingerprint density at radius 1 is 1.26 bits per heavy atom. The Morgan fingerprint density at radius 3 is 2.67 bits per heavy atom. The number of carbonyl (C=O) groups is 1. The molecule has 0 bridgehead atoms. The number of nitrogens with one attached hydrogen (secondary N) is 1. The van der Waals surface area contributed by atoms with E-state index < -0.39 is 0 Å². The molecule has 0 saturated heterocycles. The fourth-order valence-electron chi connectivity index (χ4n) is 2.57. The van der Waals surface area contributed by atoms with Crippen molar-refractivity contribution in [3.8, 4) is 17.2 Å². The Balaban J connectivity index is 1.76. The predicted molar refractivity (Wildman–Crippen MR) is 114 cm³/mol. The third kappa shape index (κ3) is 4.51. The van der Waals surface area contributed by atoms with Crippen LogP contribution in [0, 0.1) is 18.3 Å². The lowest BCUT2D eigenvalue weighted by atomic mass is 10.0. The molecule has 0 aliphatic heterocycles. The standard InChI is InChI=1S/C21H19N3OS2/c1-13-6-8-15(9-7-13)19-12-26-21(18(19)11-22)24-20(25)14(2)27-17-5-3-4-16(23)10-17/h3-10,12,14H,23H2,1-2H3,(H,24,25). The predicted octanol–water partition coefficient (Wildman–Crippen LogP) is 5.30. The molecule has 3 rings (SSSR count). The average molecular weight is 394 g/mol. The van der Waals surface area contributed by atoms with E-state index in [1.165, 1.54) is 23.1 Å². The average Bonchev–Trinajstić information content (AvgIpc) is 3.04. The molecule has 1 amide bonds. The lowest BCUT2D eigenvalue weighted by Gasteiger charge is -2.11. The lowest BCUT2D eigenvalue weighted by molar-refractivity contribution is -0.115. The molecule has 27 heavy (non-hydrogen) atoms. The topological polar surface area (TPSA) is 78.9 Å². The van der Waals surface area contributed by atoms with Gasteiger partial charge in [0, 0.05) is 21.5 Å². The molecule has 4 nitrogen and oxygen atoms in total. The summed E-state index contributed by atoms with van der Waals surface area (Å²) in [5, 5.41) is 14.7. The third-order valence-corrected chi connectivity index (χ3v) is 6.03. The van der Waals surface area contributed by atoms with E-state index >= 15 is 0 Å². The van der Waals surface area contributed by atoms with Crippen molar-refractivity contribution in [2.24, 2.45) is 0 Å². The quantitative estimate of drug-likeness (QED) is 0.455. The highest BCUT2D eigenvalue weighted by atomic mass is 32.2. The van der Waals surface area contributed by atoms with E-state index in [4.69, 9.17) is 5.73 Å². The Kier molecular flexibility index (Phi) is 5.84. The minimum absolute atomic E-state index is 0.142. The first-order valence-corrected chi connectivity index (χ1v) is 10.2. The third-order valence-electron chi connectivity index (χ3n) is 4.04. The van der Waals surface area contributed by atoms with E-state index in [1.807, 2.05) is 67.8 Å². The second-order valence-electron chi connectivity index (χ2n) is 6.15. The number of thiophene rings is 1. The number of nitriles is 1. The summed E-state index contributed by atoms with van der Waals surface area (Å²) in [5.41, 5.74) is 9.93. The van der Waals surface area contributed by atoms with Gasteiger partial charge in [-0.3, -0.25) is 4.79 Å². The second-order valence-corrected chi connectivity index (χ2v) is 8.45. The van der Waals surface area contributed by atoms with E-state index in [1.54, 1.807) is 0 Å². The molecular weight excluding hydrogens is 374 g/mol. The molecule has 1 heterocycles. The number of nitrogens with zero attached hydrogens (tertiary/aromatic N) is 1. The summed E-state index contributed by atoms with van der Waals surface area (Å²) in [7, 11) is 0. The van der Waals surface area contributed by atoms with E-state index in [-0.39, 0.29) is 11.2 Å². The van der Waals surface area contributed by atoms with Gasteiger partial charge in [0.25, 0.3) is 0 Å². The Bertz CT molecular complexity index is 1000. The van der Waals surface area contributed by atoms with Gasteiger partial charge in [-0.15, -0.1) is 23.1 Å². The number of carbonyl (C=O) groups excluding carboxylic acids is 1. The van der Waals surface area contributed by atoms with Crippen LogP contribution in [0.2, 0.25) is 0 Å². The van der Waals surface area contributed by atoms with Crippen LogP contribution in [0.4, 0.5) is 10.7 Å². The molecule has 1 atom stereocenters. The van der Waals surface area contributed by atoms with Crippen LogP contribution in [0.15, 0.2) is 58.8 Å². The molecule has 0 radical (unpaired) electrons. The van der Waals surface area contributed by atoms with Gasteiger partial charge in [0.2, 0.25) is 5.91 Å². The fraction of sp³-hybridized carbons (Fsp3) is 0.143. The molecule has 6 heteroatoms. The zero-order chi connectivity index (χ0) is 19.4. The van der Waals surface area contributed by atoms with E-state index in [0.717, 1.165) is 21.6 Å². The van der Waals surface area contributed by atoms with Crippen LogP contribution >= 0.6 is 23.1 Å². The molecule has 0 aliphatic carbocycles. The summed E-state index contributed by atoms with van der Waals surface area (Å²) >= 11 is 2.80. The number of rotatable bonds is 5. The number of thioether (sulfide) groups is 1. The molecule has 1 aromatic heterocycles. The summed E-state index contributed by atoms with van der Waals surface area (Å²) < 4.78 is 0. The summed E-state index contributed by atoms with van der Waals surface area (Å²) in [6.07, 6.45) is 0. The Labute approximate surface area is 167 Å². The Morgan fingerprint density at radius 2 is 2.00 bits per heavy atom. The van der Waals surface area contributed by atoms with Crippen LogP contribution in [-0.4, -0.2) is 11.2 Å². The first kappa shape index (κ1) is 19.0. The van der Waals surface area contributed by atoms with Crippen LogP contribution in [0.5, 0.6) is 0 Å². The van der Waals surface area contributed by atoms with Gasteiger partial charge in [-0.05, 0) is 37.6 Å². The molecule has 136 valence electrons. The number of nitrogens with two attached hydrogens (primary N) is 1. The summed E-state index contributed by atoms with van der Waals surface area (Å²) in [5.74, 6) is -0.142. The van der Waals surface area contributed by atoms with Gasteiger partial charge in [-0.2, -0.15) is 5.26 Å². The second kappa shape index (κ2) is 8.30. The molecule has 1 unspecified atom stereocenters. The molecule has 0 spiro atoms. The van der Waals surface area contributed by atoms with Gasteiger partial charge in [0.05, 0.1) is 10.8 Å². The first-order chi connectivity index (χ1) is 13.0. The van der Waals surface area contributed by atoms with Crippen molar-refractivity contribution in [1.82, 2.24) is 0 Å². The number of aryl methyl sites for hydroxylation is 1. The monoisotopic (exact) mass is 393 g/mol. The fourth-order valence-corrected chi connectivity index (χ4v) is 4.42. The van der Waals surface area contributed by atoms with Gasteiger partial charge in [0.15, 0.2) is 0 Å². The van der Waals surface area contributed by atoms with Gasteiger partial charge in [-0.1, -0.05) is 35.9 Å². The van der Waals surface area contributed by atoms with Crippen molar-refractivity contribution in [3.05, 3.63) is 65.0 Å². The number of hydrogen-bond acceptors (Lipinski definition) is 5. The van der Waals surface area contributed by atoms with Crippen LogP contribution < -0.4 is 11.1 Å². The van der Waals surface area contributed by atoms with Crippen molar-refractivity contribution in [2.75, 3.05) is 11.1 Å². The number of amides is 1. The Hall–Kier alpha value is -2.75. The lowest BCUT2D eigenvalue weighted by Crippen LogP contribution is -2.22. The first-order valence-electron chi connectivity index (χ1n) is 8.39. The highest BCUT2D eigenvalue weighted by Gasteiger charge is 2.19. The molecule has 2 aromatic carbocycles. The van der Waals surface area contributed by atoms with Crippen LogP contribution in [-0.2, 0) is 4.79 Å². The molecular formula is C21H19N3OS2.